The van der Waals surface area contributed by atoms with Gasteiger partial charge < -0.3 is 14.6 Å². The summed E-state index contributed by atoms with van der Waals surface area (Å²) >= 11 is 0. The van der Waals surface area contributed by atoms with E-state index < -0.39 is 0 Å². The van der Waals surface area contributed by atoms with Crippen molar-refractivity contribution >= 4 is 11.3 Å². The van der Waals surface area contributed by atoms with Gasteiger partial charge in [0.1, 0.15) is 11.5 Å². The third kappa shape index (κ3) is 2.77. The fourth-order valence-corrected chi connectivity index (χ4v) is 5.32. The molecule has 1 atom stereocenters. The lowest BCUT2D eigenvalue weighted by atomic mass is 9.70. The molecule has 1 aromatic rings. The molecule has 0 aromatic heterocycles. The van der Waals surface area contributed by atoms with Gasteiger partial charge in [-0.3, -0.25) is 4.99 Å². The predicted octanol–water partition coefficient (Wildman–Crippen LogP) is 5.60. The molecular weight excluding hydrogens is 362 g/mol. The lowest BCUT2D eigenvalue weighted by Crippen LogP contribution is -2.34. The number of allylic oxidation sites excluding steroid dienone is 7. The number of fused-ring (bicyclic) bond motifs is 5. The van der Waals surface area contributed by atoms with Crippen LogP contribution in [0, 0.1) is 11.8 Å². The van der Waals surface area contributed by atoms with Crippen LogP contribution in [0.2, 0.25) is 0 Å². The Morgan fingerprint density at radius 1 is 1.21 bits per heavy atom. The van der Waals surface area contributed by atoms with Gasteiger partial charge in [-0.1, -0.05) is 29.9 Å². The first-order chi connectivity index (χ1) is 13.9. The molecule has 5 rings (SSSR count). The number of dihydropyridines is 1. The molecule has 4 aliphatic rings. The number of aromatic hydroxyl groups is 1. The molecule has 29 heavy (non-hydrogen) atoms. The van der Waals surface area contributed by atoms with E-state index in [4.69, 9.17) is 14.5 Å². The van der Waals surface area contributed by atoms with E-state index >= 15 is 0 Å². The van der Waals surface area contributed by atoms with Crippen molar-refractivity contribution in [2.45, 2.75) is 45.6 Å². The molecule has 4 heteroatoms. The SMILES string of the molecule is COc1c(O)ccc2c1C1=CCC3=NC(C)(C)C=C(C)C3C1=C(C1CC=CC1)O2. The Kier molecular flexibility index (Phi) is 4.02. The number of hydrogen-bond donors (Lipinski definition) is 1. The van der Waals surface area contributed by atoms with Crippen LogP contribution < -0.4 is 9.47 Å². The number of ether oxygens (including phenoxy) is 2. The predicted molar refractivity (Wildman–Crippen MR) is 116 cm³/mol. The molecule has 0 radical (unpaired) electrons. The summed E-state index contributed by atoms with van der Waals surface area (Å²) in [6.07, 6.45) is 11.8. The first-order valence-corrected chi connectivity index (χ1v) is 10.4. The van der Waals surface area contributed by atoms with Crippen molar-refractivity contribution in [3.05, 3.63) is 58.9 Å². The van der Waals surface area contributed by atoms with Crippen LogP contribution in [-0.2, 0) is 0 Å². The van der Waals surface area contributed by atoms with Gasteiger partial charge in [0.05, 0.1) is 18.2 Å². The highest BCUT2D eigenvalue weighted by Gasteiger charge is 2.42. The Morgan fingerprint density at radius 2 is 1.97 bits per heavy atom. The molecular formula is C25H27NO3. The van der Waals surface area contributed by atoms with Gasteiger partial charge in [0.15, 0.2) is 11.5 Å². The third-order valence-corrected chi connectivity index (χ3v) is 6.33. The van der Waals surface area contributed by atoms with Gasteiger partial charge in [0.25, 0.3) is 0 Å². The van der Waals surface area contributed by atoms with Crippen molar-refractivity contribution < 1.29 is 14.6 Å². The standard InChI is InChI=1S/C25H27NO3/c1-14-13-25(2,3)26-17-10-9-16-21-19(12-11-18(27)24(21)28-4)29-23(22(16)20(14)17)15-7-5-6-8-15/h5-6,9,11-13,15,20,27H,7-8,10H2,1-4H3. The molecule has 0 bridgehead atoms. The molecule has 0 amide bonds. The molecule has 0 saturated carbocycles. The monoisotopic (exact) mass is 389 g/mol. The molecule has 0 spiro atoms. The van der Waals surface area contributed by atoms with Crippen LogP contribution in [0.15, 0.2) is 58.3 Å². The molecule has 1 unspecified atom stereocenters. The Hall–Kier alpha value is -2.75. The highest BCUT2D eigenvalue weighted by atomic mass is 16.5. The summed E-state index contributed by atoms with van der Waals surface area (Å²) in [5.41, 5.74) is 5.51. The molecule has 0 fully saturated rings. The number of phenols is 1. The van der Waals surface area contributed by atoms with Crippen LogP contribution in [0.3, 0.4) is 0 Å². The van der Waals surface area contributed by atoms with E-state index in [0.29, 0.717) is 11.7 Å². The fraction of sp³-hybridized carbons (Fsp3) is 0.400. The first-order valence-electron chi connectivity index (χ1n) is 10.4. The number of nitrogens with zero attached hydrogens (tertiary/aromatic N) is 1. The summed E-state index contributed by atoms with van der Waals surface area (Å²) < 4.78 is 12.2. The molecule has 2 aliphatic heterocycles. The highest BCUT2D eigenvalue weighted by molar-refractivity contribution is 6.05. The third-order valence-electron chi connectivity index (χ3n) is 6.33. The van der Waals surface area contributed by atoms with E-state index in [1.54, 1.807) is 13.2 Å². The number of rotatable bonds is 2. The fourth-order valence-electron chi connectivity index (χ4n) is 5.32. The zero-order valence-electron chi connectivity index (χ0n) is 17.5. The number of phenolic OH excluding ortho intramolecular Hbond substituents is 1. The number of hydrogen-bond acceptors (Lipinski definition) is 4. The van der Waals surface area contributed by atoms with Gasteiger partial charge in [-0.2, -0.15) is 0 Å². The molecule has 1 N–H and O–H groups in total. The summed E-state index contributed by atoms with van der Waals surface area (Å²) in [7, 11) is 1.60. The van der Waals surface area contributed by atoms with Crippen LogP contribution >= 0.6 is 0 Å². The second kappa shape index (κ2) is 6.38. The quantitative estimate of drug-likeness (QED) is 0.670. The topological polar surface area (TPSA) is 51.0 Å². The Balaban J connectivity index is 1.76. The van der Waals surface area contributed by atoms with Crippen molar-refractivity contribution in [3.63, 3.8) is 0 Å². The highest BCUT2D eigenvalue weighted by Crippen LogP contribution is 2.54. The zero-order valence-corrected chi connectivity index (χ0v) is 17.5. The van der Waals surface area contributed by atoms with E-state index in [2.05, 4.69) is 45.1 Å². The van der Waals surface area contributed by atoms with Gasteiger partial charge in [-0.05, 0) is 51.3 Å². The van der Waals surface area contributed by atoms with E-state index in [1.165, 1.54) is 16.9 Å². The summed E-state index contributed by atoms with van der Waals surface area (Å²) in [5.74, 6) is 2.88. The number of aliphatic imine (C=N–C) groups is 1. The summed E-state index contributed by atoms with van der Waals surface area (Å²) in [5, 5.41) is 10.4. The van der Waals surface area contributed by atoms with Crippen LogP contribution in [0.25, 0.3) is 5.57 Å². The largest absolute Gasteiger partial charge is 0.504 e. The van der Waals surface area contributed by atoms with Crippen LogP contribution in [-0.4, -0.2) is 23.5 Å². The second-order valence-electron chi connectivity index (χ2n) is 8.91. The number of methoxy groups -OCH3 is 1. The van der Waals surface area contributed by atoms with E-state index in [-0.39, 0.29) is 17.2 Å². The maximum atomic E-state index is 10.4. The molecule has 4 nitrogen and oxygen atoms in total. The average molecular weight is 389 g/mol. The smallest absolute Gasteiger partial charge is 0.172 e. The lowest BCUT2D eigenvalue weighted by molar-refractivity contribution is 0.329. The van der Waals surface area contributed by atoms with E-state index in [9.17, 15) is 5.11 Å². The minimum atomic E-state index is -0.180. The minimum Gasteiger partial charge on any atom is -0.504 e. The molecule has 1 aromatic carbocycles. The van der Waals surface area contributed by atoms with E-state index in [1.807, 2.05) is 6.07 Å². The Morgan fingerprint density at radius 3 is 2.69 bits per heavy atom. The van der Waals surface area contributed by atoms with Gasteiger partial charge in [-0.15, -0.1) is 0 Å². The van der Waals surface area contributed by atoms with Crippen molar-refractivity contribution in [1.82, 2.24) is 0 Å². The van der Waals surface area contributed by atoms with Crippen LogP contribution in [0.4, 0.5) is 0 Å². The molecule has 2 heterocycles. The lowest BCUT2D eigenvalue weighted by Gasteiger charge is -2.40. The first kappa shape index (κ1) is 18.3. The Bertz CT molecular complexity index is 1040. The Labute approximate surface area is 172 Å². The normalized spacial score (nSPS) is 24.7. The average Bonchev–Trinajstić information content (AvgIpc) is 3.20. The maximum absolute atomic E-state index is 10.4. The van der Waals surface area contributed by atoms with Crippen molar-refractivity contribution in [1.29, 1.82) is 0 Å². The van der Waals surface area contributed by atoms with Crippen LogP contribution in [0.5, 0.6) is 17.2 Å². The van der Waals surface area contributed by atoms with E-state index in [0.717, 1.165) is 41.9 Å². The summed E-state index contributed by atoms with van der Waals surface area (Å²) in [4.78, 5) is 5.06. The van der Waals surface area contributed by atoms with Crippen LogP contribution in [0.1, 0.15) is 45.6 Å². The van der Waals surface area contributed by atoms with Gasteiger partial charge in [0, 0.05) is 29.5 Å². The zero-order chi connectivity index (χ0) is 20.3. The second-order valence-corrected chi connectivity index (χ2v) is 8.91. The van der Waals surface area contributed by atoms with Crippen molar-refractivity contribution in [2.24, 2.45) is 16.8 Å². The molecule has 0 saturated heterocycles. The summed E-state index contributed by atoms with van der Waals surface area (Å²) in [6.45, 7) is 6.52. The van der Waals surface area contributed by atoms with Crippen molar-refractivity contribution in [2.75, 3.05) is 7.11 Å². The minimum absolute atomic E-state index is 0.124. The summed E-state index contributed by atoms with van der Waals surface area (Å²) in [6, 6.07) is 3.50. The molecule has 150 valence electrons. The van der Waals surface area contributed by atoms with Gasteiger partial charge in [-0.25, -0.2) is 0 Å². The van der Waals surface area contributed by atoms with Crippen molar-refractivity contribution in [3.8, 4) is 17.2 Å². The van der Waals surface area contributed by atoms with Gasteiger partial charge in [0.2, 0.25) is 0 Å². The number of benzene rings is 1. The molecule has 2 aliphatic carbocycles. The van der Waals surface area contributed by atoms with Gasteiger partial charge >= 0.3 is 0 Å². The maximum Gasteiger partial charge on any atom is 0.172 e.